The van der Waals surface area contributed by atoms with Gasteiger partial charge in [0.15, 0.2) is 5.82 Å². The Bertz CT molecular complexity index is 556. The van der Waals surface area contributed by atoms with E-state index in [1.54, 1.807) is 30.8 Å². The van der Waals surface area contributed by atoms with Crippen molar-refractivity contribution in [3.05, 3.63) is 28.2 Å². The lowest BCUT2D eigenvalue weighted by atomic mass is 10.3. The number of halogens is 1. The highest BCUT2D eigenvalue weighted by molar-refractivity contribution is 9.10. The number of aryl methyl sites for hydroxylation is 2. The van der Waals surface area contributed by atoms with Crippen LogP contribution < -0.4 is 5.32 Å². The van der Waals surface area contributed by atoms with Crippen molar-refractivity contribution in [2.75, 3.05) is 5.32 Å². The first-order valence-electron chi connectivity index (χ1n) is 5.43. The SMILES string of the molecule is Cc1cc(NC(=O)[C@H](C)n2cc(Br)c(C)n2)no1. The zero-order valence-corrected chi connectivity index (χ0v) is 11.9. The summed E-state index contributed by atoms with van der Waals surface area (Å²) in [7, 11) is 0. The molecule has 0 radical (unpaired) electrons. The molecule has 0 aliphatic rings. The maximum Gasteiger partial charge on any atom is 0.250 e. The molecule has 0 aromatic carbocycles. The van der Waals surface area contributed by atoms with Crippen molar-refractivity contribution in [3.8, 4) is 0 Å². The second-order valence-corrected chi connectivity index (χ2v) is 4.88. The van der Waals surface area contributed by atoms with Gasteiger partial charge >= 0.3 is 0 Å². The molecule has 0 bridgehead atoms. The number of aromatic nitrogens is 3. The molecule has 0 saturated heterocycles. The maximum atomic E-state index is 12.0. The second kappa shape index (κ2) is 4.93. The predicted octanol–water partition coefficient (Wildman–Crippen LogP) is 2.45. The van der Waals surface area contributed by atoms with Gasteiger partial charge in [0.1, 0.15) is 11.8 Å². The van der Waals surface area contributed by atoms with E-state index in [1.807, 2.05) is 6.92 Å². The van der Waals surface area contributed by atoms with Gasteiger partial charge in [-0.25, -0.2) is 0 Å². The predicted molar refractivity (Wildman–Crippen MR) is 69.2 cm³/mol. The molecule has 7 heteroatoms. The third-order valence-corrected chi connectivity index (χ3v) is 3.29. The standard InChI is InChI=1S/C11H13BrN4O2/c1-6-4-10(15-18-6)13-11(17)8(3)16-5-9(12)7(2)14-16/h4-5,8H,1-3H3,(H,13,15,17)/t8-/m0/s1. The van der Waals surface area contributed by atoms with Gasteiger partial charge in [-0.05, 0) is 36.7 Å². The number of nitrogens with one attached hydrogen (secondary N) is 1. The number of nitrogens with zero attached hydrogens (tertiary/aromatic N) is 3. The zero-order valence-electron chi connectivity index (χ0n) is 10.3. The van der Waals surface area contributed by atoms with Gasteiger partial charge in [-0.2, -0.15) is 5.10 Å². The minimum absolute atomic E-state index is 0.196. The van der Waals surface area contributed by atoms with Crippen LogP contribution in [0.25, 0.3) is 0 Å². The first kappa shape index (κ1) is 12.8. The Hall–Kier alpha value is -1.63. The average molecular weight is 313 g/mol. The van der Waals surface area contributed by atoms with E-state index < -0.39 is 6.04 Å². The summed E-state index contributed by atoms with van der Waals surface area (Å²) in [6, 6.07) is 1.24. The van der Waals surface area contributed by atoms with E-state index in [0.717, 1.165) is 10.2 Å². The molecule has 96 valence electrons. The van der Waals surface area contributed by atoms with Crippen molar-refractivity contribution < 1.29 is 9.32 Å². The van der Waals surface area contributed by atoms with Crippen LogP contribution in [0.1, 0.15) is 24.4 Å². The van der Waals surface area contributed by atoms with Crippen LogP contribution >= 0.6 is 15.9 Å². The maximum absolute atomic E-state index is 12.0. The highest BCUT2D eigenvalue weighted by Crippen LogP contribution is 2.17. The number of rotatable bonds is 3. The summed E-state index contributed by atoms with van der Waals surface area (Å²) in [5.41, 5.74) is 0.840. The van der Waals surface area contributed by atoms with E-state index in [2.05, 4.69) is 31.5 Å². The Morgan fingerprint density at radius 2 is 2.28 bits per heavy atom. The smallest absolute Gasteiger partial charge is 0.250 e. The number of hydrogen-bond acceptors (Lipinski definition) is 4. The van der Waals surface area contributed by atoms with E-state index in [9.17, 15) is 4.79 Å². The topological polar surface area (TPSA) is 73.0 Å². The lowest BCUT2D eigenvalue weighted by Gasteiger charge is -2.10. The quantitative estimate of drug-likeness (QED) is 0.944. The highest BCUT2D eigenvalue weighted by atomic mass is 79.9. The lowest BCUT2D eigenvalue weighted by Crippen LogP contribution is -2.24. The minimum atomic E-state index is -0.424. The van der Waals surface area contributed by atoms with Crippen molar-refractivity contribution in [3.63, 3.8) is 0 Å². The molecule has 2 aromatic rings. The monoisotopic (exact) mass is 312 g/mol. The fourth-order valence-electron chi connectivity index (χ4n) is 1.43. The average Bonchev–Trinajstić information content (AvgIpc) is 2.85. The molecule has 2 rings (SSSR count). The largest absolute Gasteiger partial charge is 0.360 e. The number of amides is 1. The van der Waals surface area contributed by atoms with Crippen LogP contribution in [0, 0.1) is 13.8 Å². The van der Waals surface area contributed by atoms with Gasteiger partial charge in [0, 0.05) is 12.3 Å². The summed E-state index contributed by atoms with van der Waals surface area (Å²) < 4.78 is 7.35. The van der Waals surface area contributed by atoms with Crippen molar-refractivity contribution in [2.24, 2.45) is 0 Å². The lowest BCUT2D eigenvalue weighted by molar-refractivity contribution is -0.119. The molecule has 0 aliphatic carbocycles. The molecule has 1 atom stereocenters. The van der Waals surface area contributed by atoms with Crippen LogP contribution in [0.4, 0.5) is 5.82 Å². The van der Waals surface area contributed by atoms with Gasteiger partial charge in [0.25, 0.3) is 0 Å². The number of carbonyl (C=O) groups is 1. The van der Waals surface area contributed by atoms with Crippen LogP contribution in [0.5, 0.6) is 0 Å². The Balaban J connectivity index is 2.09. The molecule has 0 spiro atoms. The molecular formula is C11H13BrN4O2. The van der Waals surface area contributed by atoms with Crippen LogP contribution in [0.15, 0.2) is 21.3 Å². The molecule has 0 fully saturated rings. The summed E-state index contributed by atoms with van der Waals surface area (Å²) in [5.74, 6) is 0.862. The normalized spacial score (nSPS) is 12.4. The summed E-state index contributed by atoms with van der Waals surface area (Å²) >= 11 is 3.36. The molecule has 2 heterocycles. The molecule has 6 nitrogen and oxygen atoms in total. The third kappa shape index (κ3) is 2.61. The second-order valence-electron chi connectivity index (χ2n) is 4.03. The molecule has 18 heavy (non-hydrogen) atoms. The highest BCUT2D eigenvalue weighted by Gasteiger charge is 2.18. The molecular weight excluding hydrogens is 300 g/mol. The van der Waals surface area contributed by atoms with E-state index in [1.165, 1.54) is 0 Å². The zero-order chi connectivity index (χ0) is 13.3. The molecule has 1 amide bonds. The van der Waals surface area contributed by atoms with Crippen molar-refractivity contribution in [1.29, 1.82) is 0 Å². The van der Waals surface area contributed by atoms with Gasteiger partial charge in [-0.15, -0.1) is 0 Å². The van der Waals surface area contributed by atoms with Crippen LogP contribution in [-0.4, -0.2) is 20.8 Å². The fraction of sp³-hybridized carbons (Fsp3) is 0.364. The van der Waals surface area contributed by atoms with Gasteiger partial charge in [0.2, 0.25) is 5.91 Å². The van der Waals surface area contributed by atoms with Gasteiger partial charge in [-0.1, -0.05) is 5.16 Å². The first-order valence-corrected chi connectivity index (χ1v) is 6.22. The summed E-state index contributed by atoms with van der Waals surface area (Å²) in [5, 5.41) is 10.6. The van der Waals surface area contributed by atoms with Crippen LogP contribution in [0.2, 0.25) is 0 Å². The number of hydrogen-bond donors (Lipinski definition) is 1. The Kier molecular flexibility index (Phi) is 3.51. The summed E-state index contributed by atoms with van der Waals surface area (Å²) in [4.78, 5) is 12.0. The summed E-state index contributed by atoms with van der Waals surface area (Å²) in [6.45, 7) is 5.40. The number of carbonyl (C=O) groups excluding carboxylic acids is 1. The molecule has 0 aliphatic heterocycles. The van der Waals surface area contributed by atoms with E-state index >= 15 is 0 Å². The molecule has 2 aromatic heterocycles. The Morgan fingerprint density at radius 1 is 1.56 bits per heavy atom. The van der Waals surface area contributed by atoms with Crippen LogP contribution in [0.3, 0.4) is 0 Å². The number of anilines is 1. The molecule has 1 N–H and O–H groups in total. The minimum Gasteiger partial charge on any atom is -0.360 e. The van der Waals surface area contributed by atoms with Crippen molar-refractivity contribution in [1.82, 2.24) is 14.9 Å². The Labute approximate surface area is 112 Å². The van der Waals surface area contributed by atoms with Crippen molar-refractivity contribution in [2.45, 2.75) is 26.8 Å². The summed E-state index contributed by atoms with van der Waals surface area (Å²) in [6.07, 6.45) is 1.77. The third-order valence-electron chi connectivity index (χ3n) is 2.51. The van der Waals surface area contributed by atoms with Crippen LogP contribution in [-0.2, 0) is 4.79 Å². The fourth-order valence-corrected chi connectivity index (χ4v) is 1.72. The van der Waals surface area contributed by atoms with Crippen molar-refractivity contribution >= 4 is 27.7 Å². The van der Waals surface area contributed by atoms with E-state index in [-0.39, 0.29) is 5.91 Å². The van der Waals surface area contributed by atoms with E-state index in [0.29, 0.717) is 11.6 Å². The van der Waals surface area contributed by atoms with Gasteiger partial charge < -0.3 is 9.84 Å². The molecule has 0 saturated carbocycles. The van der Waals surface area contributed by atoms with Gasteiger partial charge in [0.05, 0.1) is 10.2 Å². The molecule has 0 unspecified atom stereocenters. The first-order chi connectivity index (χ1) is 8.47. The van der Waals surface area contributed by atoms with E-state index in [4.69, 9.17) is 4.52 Å². The Morgan fingerprint density at radius 3 is 2.78 bits per heavy atom. The van der Waals surface area contributed by atoms with Gasteiger partial charge in [-0.3, -0.25) is 9.48 Å².